The lowest BCUT2D eigenvalue weighted by Gasteiger charge is -2.29. The molecule has 1 saturated heterocycles. The fourth-order valence-corrected chi connectivity index (χ4v) is 3.42. The Morgan fingerprint density at radius 3 is 2.64 bits per heavy atom. The summed E-state index contributed by atoms with van der Waals surface area (Å²) in [5.41, 5.74) is 6.60. The molecule has 0 spiro atoms. The normalized spacial score (nSPS) is 19.6. The quantitative estimate of drug-likeness (QED) is 0.609. The van der Waals surface area contributed by atoms with Crippen LogP contribution in [0.1, 0.15) is 31.7 Å². The maximum Gasteiger partial charge on any atom is 0.311 e. The molecule has 2 N–H and O–H groups in total. The molecule has 0 aromatic heterocycles. The number of hydrogen-bond acceptors (Lipinski definition) is 4. The Hall–Kier alpha value is -2.09. The lowest BCUT2D eigenvalue weighted by molar-refractivity contribution is -0.145. The van der Waals surface area contributed by atoms with E-state index in [1.165, 1.54) is 4.90 Å². The van der Waals surface area contributed by atoms with Crippen molar-refractivity contribution in [2.45, 2.75) is 32.6 Å². The molecule has 2 heterocycles. The van der Waals surface area contributed by atoms with E-state index < -0.39 is 11.8 Å². The summed E-state index contributed by atoms with van der Waals surface area (Å²) < 4.78 is 13.5. The molecule has 0 bridgehead atoms. The standard InChI is InChI=1S/C9H8FNOS.C8H14N2O2/c10-13-11-8-4-2-1-3-7(8)5-6-9(11)12;1-6-3-2-4-10(5-6)8(12)7(9)11/h1-4H,5-6H2;6H,2-5H2,1H3,(H2,9,11). The van der Waals surface area contributed by atoms with Gasteiger partial charge in [0.1, 0.15) is 0 Å². The van der Waals surface area contributed by atoms with E-state index in [1.54, 1.807) is 12.1 Å². The van der Waals surface area contributed by atoms with Crippen LogP contribution in [0.5, 0.6) is 0 Å². The van der Waals surface area contributed by atoms with Gasteiger partial charge in [0.05, 0.1) is 5.69 Å². The number of benzene rings is 1. The molecule has 6 nitrogen and oxygen atoms in total. The van der Waals surface area contributed by atoms with Crippen molar-refractivity contribution < 1.29 is 18.3 Å². The van der Waals surface area contributed by atoms with Crippen LogP contribution in [-0.2, 0) is 20.8 Å². The van der Waals surface area contributed by atoms with Crippen molar-refractivity contribution in [1.82, 2.24) is 4.90 Å². The number of likely N-dealkylation sites (tertiary alicyclic amines) is 1. The molecule has 3 rings (SSSR count). The highest BCUT2D eigenvalue weighted by Gasteiger charge is 2.25. The van der Waals surface area contributed by atoms with E-state index in [0.29, 0.717) is 37.5 Å². The van der Waals surface area contributed by atoms with Gasteiger partial charge in [-0.3, -0.25) is 14.4 Å². The molecule has 3 amide bonds. The SMILES string of the molecule is CC1CCCN(C(=O)C(N)=O)C1.O=C1CCc2ccccc2N1SF. The fourth-order valence-electron chi connectivity index (χ4n) is 3.00. The van der Waals surface area contributed by atoms with Gasteiger partial charge in [-0.15, -0.1) is 3.89 Å². The van der Waals surface area contributed by atoms with Crippen LogP contribution in [0, 0.1) is 5.92 Å². The molecule has 1 unspecified atom stereocenters. The molecule has 8 heteroatoms. The third kappa shape index (κ3) is 4.94. The summed E-state index contributed by atoms with van der Waals surface area (Å²) in [5.74, 6) is -1.06. The second-order valence-electron chi connectivity index (χ2n) is 6.25. The van der Waals surface area contributed by atoms with Crippen LogP contribution in [0.4, 0.5) is 9.57 Å². The third-order valence-corrected chi connectivity index (χ3v) is 4.81. The van der Waals surface area contributed by atoms with Gasteiger partial charge in [-0.2, -0.15) is 0 Å². The number of aryl methyl sites for hydroxylation is 1. The molecular formula is C17H22FN3O3S. The van der Waals surface area contributed by atoms with Gasteiger partial charge >= 0.3 is 11.8 Å². The zero-order valence-electron chi connectivity index (χ0n) is 14.1. The van der Waals surface area contributed by atoms with E-state index in [9.17, 15) is 18.3 Å². The van der Waals surface area contributed by atoms with E-state index in [1.807, 2.05) is 12.1 Å². The Morgan fingerprint density at radius 1 is 1.28 bits per heavy atom. The van der Waals surface area contributed by atoms with E-state index in [-0.39, 0.29) is 18.2 Å². The topological polar surface area (TPSA) is 83.7 Å². The van der Waals surface area contributed by atoms with Crippen molar-refractivity contribution in [3.63, 3.8) is 0 Å². The lowest BCUT2D eigenvalue weighted by atomic mass is 10.0. The van der Waals surface area contributed by atoms with Gasteiger partial charge in [0.15, 0.2) is 12.3 Å². The zero-order valence-corrected chi connectivity index (χ0v) is 14.9. The lowest BCUT2D eigenvalue weighted by Crippen LogP contribution is -2.45. The number of carbonyl (C=O) groups excluding carboxylic acids is 3. The number of amides is 3. The summed E-state index contributed by atoms with van der Waals surface area (Å²) in [6.45, 7) is 3.41. The Bertz CT molecular complexity index is 656. The zero-order chi connectivity index (χ0) is 18.4. The molecule has 1 aromatic rings. The number of piperidine rings is 1. The van der Waals surface area contributed by atoms with E-state index in [4.69, 9.17) is 5.73 Å². The second-order valence-corrected chi connectivity index (χ2v) is 6.75. The number of halogens is 1. The number of nitrogens with zero attached hydrogens (tertiary/aromatic N) is 2. The minimum Gasteiger partial charge on any atom is -0.361 e. The van der Waals surface area contributed by atoms with Crippen molar-refractivity contribution in [3.05, 3.63) is 29.8 Å². The van der Waals surface area contributed by atoms with Crippen LogP contribution in [0.2, 0.25) is 0 Å². The fraction of sp³-hybridized carbons (Fsp3) is 0.471. The summed E-state index contributed by atoms with van der Waals surface area (Å²) >= 11 is -0.0197. The minimum absolute atomic E-state index is 0.0197. The maximum atomic E-state index is 12.4. The van der Waals surface area contributed by atoms with Crippen LogP contribution in [0.25, 0.3) is 0 Å². The number of rotatable bonds is 1. The number of nitrogens with two attached hydrogens (primary N) is 1. The molecular weight excluding hydrogens is 345 g/mol. The Morgan fingerprint density at radius 2 is 2.00 bits per heavy atom. The van der Waals surface area contributed by atoms with Crippen molar-refractivity contribution >= 4 is 35.7 Å². The number of primary amides is 1. The van der Waals surface area contributed by atoms with Gasteiger partial charge in [-0.05, 0) is 36.8 Å². The summed E-state index contributed by atoms with van der Waals surface area (Å²) in [7, 11) is 0. The highest BCUT2D eigenvalue weighted by molar-refractivity contribution is 7.96. The van der Waals surface area contributed by atoms with Crippen molar-refractivity contribution in [1.29, 1.82) is 0 Å². The Kier molecular flexibility index (Phi) is 6.81. The molecule has 25 heavy (non-hydrogen) atoms. The van der Waals surface area contributed by atoms with Crippen molar-refractivity contribution in [3.8, 4) is 0 Å². The molecule has 1 aromatic carbocycles. The number of anilines is 1. The van der Waals surface area contributed by atoms with Gasteiger partial charge in [0.2, 0.25) is 5.91 Å². The first-order chi connectivity index (χ1) is 11.9. The van der Waals surface area contributed by atoms with Crippen molar-refractivity contribution in [2.75, 3.05) is 17.4 Å². The smallest absolute Gasteiger partial charge is 0.311 e. The number of carbonyl (C=O) groups is 3. The first-order valence-corrected chi connectivity index (χ1v) is 8.89. The largest absolute Gasteiger partial charge is 0.361 e. The molecule has 2 aliphatic rings. The van der Waals surface area contributed by atoms with E-state index in [2.05, 4.69) is 6.92 Å². The highest BCUT2D eigenvalue weighted by Crippen LogP contribution is 2.32. The second kappa shape index (κ2) is 8.84. The van der Waals surface area contributed by atoms with Crippen LogP contribution in [-0.4, -0.2) is 35.7 Å². The maximum absolute atomic E-state index is 12.4. The summed E-state index contributed by atoms with van der Waals surface area (Å²) in [6.07, 6.45) is 3.21. The van der Waals surface area contributed by atoms with Gasteiger partial charge in [-0.25, -0.2) is 4.31 Å². The van der Waals surface area contributed by atoms with Gasteiger partial charge in [0, 0.05) is 19.5 Å². The monoisotopic (exact) mass is 367 g/mol. The van der Waals surface area contributed by atoms with Crippen LogP contribution >= 0.6 is 12.3 Å². The van der Waals surface area contributed by atoms with Crippen LogP contribution in [0.3, 0.4) is 0 Å². The predicted molar refractivity (Wildman–Crippen MR) is 95.1 cm³/mol. The molecule has 136 valence electrons. The van der Waals surface area contributed by atoms with Gasteiger partial charge < -0.3 is 10.6 Å². The average molecular weight is 367 g/mol. The number of fused-ring (bicyclic) bond motifs is 1. The summed E-state index contributed by atoms with van der Waals surface area (Å²) in [5, 5.41) is 0. The van der Waals surface area contributed by atoms with E-state index in [0.717, 1.165) is 22.7 Å². The first kappa shape index (κ1) is 19.2. The van der Waals surface area contributed by atoms with Gasteiger partial charge in [0.25, 0.3) is 0 Å². The molecule has 1 atom stereocenters. The summed E-state index contributed by atoms with van der Waals surface area (Å²) in [4.78, 5) is 34.4. The predicted octanol–water partition coefficient (Wildman–Crippen LogP) is 2.23. The van der Waals surface area contributed by atoms with Crippen LogP contribution < -0.4 is 10.0 Å². The Balaban J connectivity index is 0.000000181. The third-order valence-electron chi connectivity index (χ3n) is 4.27. The average Bonchev–Trinajstić information content (AvgIpc) is 2.61. The van der Waals surface area contributed by atoms with Crippen molar-refractivity contribution in [2.24, 2.45) is 11.7 Å². The molecule has 2 aliphatic heterocycles. The minimum atomic E-state index is -0.843. The number of para-hydroxylation sites is 1. The Labute approximate surface area is 151 Å². The molecule has 0 aliphatic carbocycles. The van der Waals surface area contributed by atoms with Crippen LogP contribution in [0.15, 0.2) is 24.3 Å². The number of hydrogen-bond donors (Lipinski definition) is 1. The first-order valence-electron chi connectivity index (χ1n) is 8.22. The highest BCUT2D eigenvalue weighted by atomic mass is 32.2. The van der Waals surface area contributed by atoms with Gasteiger partial charge in [-0.1, -0.05) is 25.1 Å². The summed E-state index contributed by atoms with van der Waals surface area (Å²) in [6, 6.07) is 7.39. The molecule has 0 radical (unpaired) electrons. The van der Waals surface area contributed by atoms with E-state index >= 15 is 0 Å². The molecule has 1 fully saturated rings. The molecule has 0 saturated carbocycles.